The summed E-state index contributed by atoms with van der Waals surface area (Å²) in [7, 11) is 3.48. The molecule has 1 amide bonds. The molecule has 0 aliphatic carbocycles. The van der Waals surface area contributed by atoms with Crippen LogP contribution in [-0.4, -0.2) is 90.9 Å². The number of likely N-dealkylation sites (N-methyl/N-ethyl adjacent to an activating group) is 1. The molecular formula is C33H35N5O4. The summed E-state index contributed by atoms with van der Waals surface area (Å²) in [5, 5.41) is 11.7. The smallest absolute Gasteiger partial charge is 0.337 e. The molecule has 1 aromatic heterocycles. The van der Waals surface area contributed by atoms with Crippen molar-refractivity contribution in [2.24, 2.45) is 10.9 Å². The SMILES string of the molecule is COC(=O)c1ccc2c(C(=Nc3ccc(N4CC[C@H](CN5CCN(C)CC5)C4=O)cc3)c3ccccc3)c(O)[nH]c2c1. The van der Waals surface area contributed by atoms with E-state index in [9.17, 15) is 14.7 Å². The zero-order valence-corrected chi connectivity index (χ0v) is 23.9. The summed E-state index contributed by atoms with van der Waals surface area (Å²) in [4.78, 5) is 39.9. The quantitative estimate of drug-likeness (QED) is 0.254. The van der Waals surface area contributed by atoms with Gasteiger partial charge in [0.05, 0.1) is 35.6 Å². The summed E-state index contributed by atoms with van der Waals surface area (Å²) in [6.45, 7) is 5.64. The van der Waals surface area contributed by atoms with Crippen LogP contribution in [0.3, 0.4) is 0 Å². The summed E-state index contributed by atoms with van der Waals surface area (Å²) in [5.74, 6) is -0.280. The van der Waals surface area contributed by atoms with E-state index in [0.717, 1.165) is 55.8 Å². The number of esters is 1. The number of aromatic hydroxyl groups is 1. The van der Waals surface area contributed by atoms with Crippen LogP contribution in [0.4, 0.5) is 11.4 Å². The molecule has 0 spiro atoms. The van der Waals surface area contributed by atoms with E-state index in [2.05, 4.69) is 21.8 Å². The van der Waals surface area contributed by atoms with Crippen molar-refractivity contribution >= 4 is 39.9 Å². The van der Waals surface area contributed by atoms with E-state index >= 15 is 0 Å². The maximum Gasteiger partial charge on any atom is 0.337 e. The van der Waals surface area contributed by atoms with Crippen LogP contribution in [0.25, 0.3) is 10.9 Å². The second-order valence-electron chi connectivity index (χ2n) is 11.0. The number of benzene rings is 3. The highest BCUT2D eigenvalue weighted by Gasteiger charge is 2.34. The number of fused-ring (bicyclic) bond motifs is 1. The fraction of sp³-hybridized carbons (Fsp3) is 0.303. The van der Waals surface area contributed by atoms with Crippen molar-refractivity contribution in [3.05, 3.63) is 89.5 Å². The second kappa shape index (κ2) is 11.8. The minimum absolute atomic E-state index is 0.0281. The summed E-state index contributed by atoms with van der Waals surface area (Å²) in [6.07, 6.45) is 0.862. The van der Waals surface area contributed by atoms with Crippen LogP contribution in [0.2, 0.25) is 0 Å². The molecule has 0 unspecified atom stereocenters. The summed E-state index contributed by atoms with van der Waals surface area (Å²) in [5.41, 5.74) is 4.50. The number of hydrogen-bond acceptors (Lipinski definition) is 7. The first-order valence-electron chi connectivity index (χ1n) is 14.3. The lowest BCUT2D eigenvalue weighted by Gasteiger charge is -2.33. The van der Waals surface area contributed by atoms with Gasteiger partial charge in [0.1, 0.15) is 0 Å². The third-order valence-electron chi connectivity index (χ3n) is 8.28. The number of amides is 1. The molecule has 2 fully saturated rings. The number of H-pyrrole nitrogens is 1. The van der Waals surface area contributed by atoms with Gasteiger partial charge in [-0.2, -0.15) is 0 Å². The molecule has 9 nitrogen and oxygen atoms in total. The van der Waals surface area contributed by atoms with Crippen LogP contribution in [0.1, 0.15) is 27.9 Å². The Morgan fingerprint density at radius 1 is 0.976 bits per heavy atom. The van der Waals surface area contributed by atoms with E-state index in [1.807, 2.05) is 59.5 Å². The third kappa shape index (κ3) is 5.53. The van der Waals surface area contributed by atoms with Crippen molar-refractivity contribution in [2.75, 3.05) is 58.3 Å². The third-order valence-corrected chi connectivity index (χ3v) is 8.28. The number of ether oxygens (including phenoxy) is 1. The number of aromatic amines is 1. The molecule has 0 radical (unpaired) electrons. The van der Waals surface area contributed by atoms with Gasteiger partial charge < -0.3 is 29.5 Å². The van der Waals surface area contributed by atoms with Crippen LogP contribution in [0, 0.1) is 5.92 Å². The van der Waals surface area contributed by atoms with Crippen LogP contribution < -0.4 is 4.90 Å². The van der Waals surface area contributed by atoms with Crippen molar-refractivity contribution in [2.45, 2.75) is 6.42 Å². The summed E-state index contributed by atoms with van der Waals surface area (Å²) in [6, 6.07) is 22.5. The van der Waals surface area contributed by atoms with Crippen LogP contribution >= 0.6 is 0 Å². The predicted octanol–water partition coefficient (Wildman–Crippen LogP) is 4.43. The lowest BCUT2D eigenvalue weighted by Crippen LogP contribution is -2.47. The molecule has 216 valence electrons. The highest BCUT2D eigenvalue weighted by atomic mass is 16.5. The van der Waals surface area contributed by atoms with E-state index < -0.39 is 5.97 Å². The fourth-order valence-corrected chi connectivity index (χ4v) is 5.87. The molecule has 2 saturated heterocycles. The highest BCUT2D eigenvalue weighted by molar-refractivity contribution is 6.22. The number of rotatable bonds is 7. The van der Waals surface area contributed by atoms with Gasteiger partial charge in [0.15, 0.2) is 5.88 Å². The second-order valence-corrected chi connectivity index (χ2v) is 11.0. The normalized spacial score (nSPS) is 18.6. The zero-order valence-electron chi connectivity index (χ0n) is 23.9. The maximum absolute atomic E-state index is 13.3. The molecule has 2 aliphatic heterocycles. The van der Waals surface area contributed by atoms with Gasteiger partial charge in [-0.3, -0.25) is 4.79 Å². The van der Waals surface area contributed by atoms with Crippen molar-refractivity contribution in [1.82, 2.24) is 14.8 Å². The van der Waals surface area contributed by atoms with E-state index in [1.165, 1.54) is 7.11 Å². The number of aliphatic imine (C=N–C) groups is 1. The Balaban J connectivity index is 1.27. The molecular weight excluding hydrogens is 530 g/mol. The van der Waals surface area contributed by atoms with Crippen LogP contribution in [0.15, 0.2) is 77.8 Å². The lowest BCUT2D eigenvalue weighted by atomic mass is 10.00. The maximum atomic E-state index is 13.3. The number of carbonyl (C=O) groups is 2. The Morgan fingerprint density at radius 3 is 2.43 bits per heavy atom. The van der Waals surface area contributed by atoms with Gasteiger partial charge in [0.2, 0.25) is 5.91 Å². The van der Waals surface area contributed by atoms with E-state index in [4.69, 9.17) is 9.73 Å². The minimum atomic E-state index is -0.452. The van der Waals surface area contributed by atoms with Gasteiger partial charge in [-0.15, -0.1) is 0 Å². The van der Waals surface area contributed by atoms with Crippen LogP contribution in [-0.2, 0) is 9.53 Å². The minimum Gasteiger partial charge on any atom is -0.494 e. The Labute approximate surface area is 245 Å². The first kappa shape index (κ1) is 27.7. The number of piperazine rings is 1. The Kier molecular flexibility index (Phi) is 7.78. The predicted molar refractivity (Wildman–Crippen MR) is 164 cm³/mol. The molecule has 1 atom stereocenters. The van der Waals surface area contributed by atoms with Crippen molar-refractivity contribution in [3.63, 3.8) is 0 Å². The van der Waals surface area contributed by atoms with Crippen molar-refractivity contribution < 1.29 is 19.4 Å². The molecule has 3 aromatic carbocycles. The number of aromatic nitrogens is 1. The Hall–Kier alpha value is -4.47. The number of nitrogens with one attached hydrogen (secondary N) is 1. The Bertz CT molecular complexity index is 1620. The molecule has 42 heavy (non-hydrogen) atoms. The van der Waals surface area contributed by atoms with Gasteiger partial charge in [-0.1, -0.05) is 36.4 Å². The number of nitrogens with zero attached hydrogens (tertiary/aromatic N) is 4. The molecule has 0 saturated carbocycles. The summed E-state index contributed by atoms with van der Waals surface area (Å²) >= 11 is 0. The standard InChI is InChI=1S/C33H35N5O4/c1-36-16-18-37(19-17-36)21-24-14-15-38(32(24)40)26-11-9-25(10-12-26)34-30(22-6-4-3-5-7-22)29-27-13-8-23(33(41)42-2)20-28(27)35-31(29)39/h3-13,20,24,35,39H,14-19,21H2,1-2H3/t24-/m1/s1. The molecule has 0 bridgehead atoms. The number of carbonyl (C=O) groups excluding carboxylic acids is 2. The number of anilines is 1. The monoisotopic (exact) mass is 565 g/mol. The van der Waals surface area contributed by atoms with Crippen molar-refractivity contribution in [1.29, 1.82) is 0 Å². The van der Waals surface area contributed by atoms with Crippen LogP contribution in [0.5, 0.6) is 5.88 Å². The lowest BCUT2D eigenvalue weighted by molar-refractivity contribution is -0.121. The Morgan fingerprint density at radius 2 is 1.71 bits per heavy atom. The molecule has 2 N–H and O–H groups in total. The molecule has 4 aromatic rings. The first-order valence-corrected chi connectivity index (χ1v) is 14.3. The van der Waals surface area contributed by atoms with Gasteiger partial charge in [-0.25, -0.2) is 9.79 Å². The van der Waals surface area contributed by atoms with Crippen molar-refractivity contribution in [3.8, 4) is 5.88 Å². The summed E-state index contributed by atoms with van der Waals surface area (Å²) < 4.78 is 4.85. The first-order chi connectivity index (χ1) is 20.4. The average molecular weight is 566 g/mol. The van der Waals surface area contributed by atoms with Gasteiger partial charge in [0.25, 0.3) is 0 Å². The number of hydrogen-bond donors (Lipinski definition) is 2. The van der Waals surface area contributed by atoms with Gasteiger partial charge in [-0.05, 0) is 49.9 Å². The average Bonchev–Trinajstić information content (AvgIpc) is 3.55. The topological polar surface area (TPSA) is 101 Å². The van der Waals surface area contributed by atoms with Gasteiger partial charge >= 0.3 is 5.97 Å². The molecule has 9 heteroatoms. The molecule has 2 aliphatic rings. The van der Waals surface area contributed by atoms with E-state index in [-0.39, 0.29) is 17.7 Å². The van der Waals surface area contributed by atoms with E-state index in [0.29, 0.717) is 34.6 Å². The zero-order chi connectivity index (χ0) is 29.2. The fourth-order valence-electron chi connectivity index (χ4n) is 5.87. The highest BCUT2D eigenvalue weighted by Crippen LogP contribution is 2.33. The number of methoxy groups -OCH3 is 1. The largest absolute Gasteiger partial charge is 0.494 e. The molecule has 3 heterocycles. The van der Waals surface area contributed by atoms with E-state index in [1.54, 1.807) is 18.2 Å². The van der Waals surface area contributed by atoms with Gasteiger partial charge in [0, 0.05) is 61.4 Å². The molecule has 6 rings (SSSR count).